The molecule has 2 heterocycles. The summed E-state index contributed by atoms with van der Waals surface area (Å²) in [4.78, 5) is 2.55. The molecule has 29 heavy (non-hydrogen) atoms. The molecule has 2 fully saturated rings. The Labute approximate surface area is 172 Å². The number of methoxy groups -OCH3 is 1. The van der Waals surface area contributed by atoms with Gasteiger partial charge in [0.1, 0.15) is 0 Å². The van der Waals surface area contributed by atoms with Crippen molar-refractivity contribution in [3.63, 3.8) is 0 Å². The molecule has 2 aliphatic heterocycles. The van der Waals surface area contributed by atoms with E-state index in [1.165, 1.54) is 18.4 Å². The average molecular weight is 395 g/mol. The summed E-state index contributed by atoms with van der Waals surface area (Å²) in [5, 5.41) is 11.7. The number of fused-ring (bicyclic) bond motifs is 2. The minimum atomic E-state index is -0.727. The summed E-state index contributed by atoms with van der Waals surface area (Å²) in [5.74, 6) is 2.46. The Morgan fingerprint density at radius 2 is 1.97 bits per heavy atom. The van der Waals surface area contributed by atoms with Gasteiger partial charge in [-0.2, -0.15) is 0 Å². The summed E-state index contributed by atoms with van der Waals surface area (Å²) in [6, 6.07) is 14.8. The van der Waals surface area contributed by atoms with Crippen LogP contribution in [0.25, 0.3) is 0 Å². The highest BCUT2D eigenvalue weighted by Gasteiger charge is 2.48. The highest BCUT2D eigenvalue weighted by molar-refractivity contribution is 5.55. The van der Waals surface area contributed by atoms with Gasteiger partial charge in [-0.15, -0.1) is 0 Å². The third kappa shape index (κ3) is 3.26. The fraction of sp³-hybridized carbons (Fsp3) is 0.500. The molecule has 5 rings (SSSR count). The first-order chi connectivity index (χ1) is 14.2. The van der Waals surface area contributed by atoms with E-state index < -0.39 is 5.60 Å². The second-order valence-corrected chi connectivity index (χ2v) is 8.50. The SMILES string of the molecule is COc1cc(CN2CC[C@@](O)(c3ccccc3)[C@H]3CCCC[C@H]32)cc2c1OCO2. The van der Waals surface area contributed by atoms with Gasteiger partial charge in [-0.05, 0) is 42.5 Å². The summed E-state index contributed by atoms with van der Waals surface area (Å²) in [6.45, 7) is 1.95. The smallest absolute Gasteiger partial charge is 0.231 e. The fourth-order valence-corrected chi connectivity index (χ4v) is 5.56. The molecule has 154 valence electrons. The Kier molecular flexibility index (Phi) is 4.88. The van der Waals surface area contributed by atoms with Gasteiger partial charge in [0, 0.05) is 25.0 Å². The first-order valence-corrected chi connectivity index (χ1v) is 10.7. The first-order valence-electron chi connectivity index (χ1n) is 10.7. The van der Waals surface area contributed by atoms with Crippen molar-refractivity contribution < 1.29 is 19.3 Å². The third-order valence-corrected chi connectivity index (χ3v) is 6.97. The van der Waals surface area contributed by atoms with Gasteiger partial charge in [-0.3, -0.25) is 4.90 Å². The predicted molar refractivity (Wildman–Crippen MR) is 110 cm³/mol. The van der Waals surface area contributed by atoms with E-state index >= 15 is 0 Å². The van der Waals surface area contributed by atoms with Crippen molar-refractivity contribution in [2.24, 2.45) is 5.92 Å². The molecule has 5 heteroatoms. The van der Waals surface area contributed by atoms with Crippen molar-refractivity contribution in [1.82, 2.24) is 4.90 Å². The molecule has 0 aromatic heterocycles. The van der Waals surface area contributed by atoms with E-state index in [4.69, 9.17) is 14.2 Å². The Morgan fingerprint density at radius 1 is 1.14 bits per heavy atom. The van der Waals surface area contributed by atoms with Crippen LogP contribution >= 0.6 is 0 Å². The molecule has 2 aromatic carbocycles. The third-order valence-electron chi connectivity index (χ3n) is 6.97. The lowest BCUT2D eigenvalue weighted by molar-refractivity contribution is -0.123. The van der Waals surface area contributed by atoms with Crippen LogP contribution in [0.2, 0.25) is 0 Å². The minimum absolute atomic E-state index is 0.244. The first kappa shape index (κ1) is 18.8. The fourth-order valence-electron chi connectivity index (χ4n) is 5.56. The van der Waals surface area contributed by atoms with Crippen LogP contribution in [-0.2, 0) is 12.1 Å². The van der Waals surface area contributed by atoms with Gasteiger partial charge >= 0.3 is 0 Å². The van der Waals surface area contributed by atoms with Crippen LogP contribution in [0.15, 0.2) is 42.5 Å². The molecular weight excluding hydrogens is 366 g/mol. The molecule has 0 unspecified atom stereocenters. The molecule has 2 aromatic rings. The maximum atomic E-state index is 11.7. The zero-order chi connectivity index (χ0) is 19.8. The number of rotatable bonds is 4. The maximum Gasteiger partial charge on any atom is 0.231 e. The number of nitrogens with zero attached hydrogens (tertiary/aromatic N) is 1. The molecule has 0 radical (unpaired) electrons. The standard InChI is InChI=1S/C24H29NO4/c1-27-21-13-17(14-22-23(21)29-16-28-22)15-25-12-11-24(26,18-7-3-2-4-8-18)19-9-5-6-10-20(19)25/h2-4,7-8,13-14,19-20,26H,5-6,9-12,15-16H2,1H3/t19-,20+,24+/m0/s1. The summed E-state index contributed by atoms with van der Waals surface area (Å²) < 4.78 is 16.7. The molecule has 1 N–H and O–H groups in total. The molecule has 0 amide bonds. The van der Waals surface area contributed by atoms with Gasteiger partial charge < -0.3 is 19.3 Å². The minimum Gasteiger partial charge on any atom is -0.493 e. The van der Waals surface area contributed by atoms with Gasteiger partial charge in [0.15, 0.2) is 11.5 Å². The van der Waals surface area contributed by atoms with E-state index in [0.29, 0.717) is 11.8 Å². The van der Waals surface area contributed by atoms with E-state index in [0.717, 1.165) is 49.4 Å². The van der Waals surface area contributed by atoms with Crippen LogP contribution < -0.4 is 14.2 Å². The number of aliphatic hydroxyl groups is 1. The molecule has 1 saturated heterocycles. The Bertz CT molecular complexity index is 871. The molecule has 3 aliphatic rings. The highest BCUT2D eigenvalue weighted by atomic mass is 16.7. The Hall–Kier alpha value is -2.24. The van der Waals surface area contributed by atoms with Crippen LogP contribution in [0.3, 0.4) is 0 Å². The summed E-state index contributed by atoms with van der Waals surface area (Å²) >= 11 is 0. The number of ether oxygens (including phenoxy) is 3. The molecule has 1 saturated carbocycles. The van der Waals surface area contributed by atoms with E-state index in [9.17, 15) is 5.11 Å². The van der Waals surface area contributed by atoms with Gasteiger partial charge in [0.25, 0.3) is 0 Å². The highest BCUT2D eigenvalue weighted by Crippen LogP contribution is 2.48. The van der Waals surface area contributed by atoms with Crippen LogP contribution in [0, 0.1) is 5.92 Å². The largest absolute Gasteiger partial charge is 0.493 e. The quantitative estimate of drug-likeness (QED) is 0.846. The van der Waals surface area contributed by atoms with Crippen molar-refractivity contribution in [3.05, 3.63) is 53.6 Å². The average Bonchev–Trinajstić information content (AvgIpc) is 3.25. The summed E-state index contributed by atoms with van der Waals surface area (Å²) in [5.41, 5.74) is 1.51. The molecule has 0 bridgehead atoms. The Morgan fingerprint density at radius 3 is 2.79 bits per heavy atom. The van der Waals surface area contributed by atoms with Gasteiger partial charge in [0.05, 0.1) is 12.7 Å². The van der Waals surface area contributed by atoms with Crippen LogP contribution in [0.1, 0.15) is 43.2 Å². The second-order valence-electron chi connectivity index (χ2n) is 8.50. The lowest BCUT2D eigenvalue weighted by Gasteiger charge is -2.52. The van der Waals surface area contributed by atoms with Crippen LogP contribution in [-0.4, -0.2) is 36.5 Å². The maximum absolute atomic E-state index is 11.7. The number of piperidine rings is 1. The topological polar surface area (TPSA) is 51.2 Å². The van der Waals surface area contributed by atoms with Crippen LogP contribution in [0.4, 0.5) is 0 Å². The van der Waals surface area contributed by atoms with Gasteiger partial charge in [-0.1, -0.05) is 43.2 Å². The lowest BCUT2D eigenvalue weighted by Crippen LogP contribution is -2.57. The van der Waals surface area contributed by atoms with Crippen molar-refractivity contribution in [2.75, 3.05) is 20.4 Å². The van der Waals surface area contributed by atoms with E-state index in [1.54, 1.807) is 7.11 Å². The van der Waals surface area contributed by atoms with Gasteiger partial charge in [-0.25, -0.2) is 0 Å². The molecule has 0 spiro atoms. The number of benzene rings is 2. The molecular formula is C24H29NO4. The van der Waals surface area contributed by atoms with E-state index in [1.807, 2.05) is 18.2 Å². The van der Waals surface area contributed by atoms with E-state index in [2.05, 4.69) is 29.2 Å². The number of hydrogen-bond acceptors (Lipinski definition) is 5. The molecule has 1 aliphatic carbocycles. The normalized spacial score (nSPS) is 28.8. The summed E-state index contributed by atoms with van der Waals surface area (Å²) in [7, 11) is 1.67. The zero-order valence-corrected chi connectivity index (χ0v) is 17.0. The van der Waals surface area contributed by atoms with E-state index in [-0.39, 0.29) is 12.7 Å². The van der Waals surface area contributed by atoms with Crippen molar-refractivity contribution in [2.45, 2.75) is 50.3 Å². The van der Waals surface area contributed by atoms with Crippen molar-refractivity contribution in [3.8, 4) is 17.2 Å². The monoisotopic (exact) mass is 395 g/mol. The number of likely N-dealkylation sites (tertiary alicyclic amines) is 1. The number of hydrogen-bond donors (Lipinski definition) is 1. The van der Waals surface area contributed by atoms with Crippen molar-refractivity contribution in [1.29, 1.82) is 0 Å². The van der Waals surface area contributed by atoms with Gasteiger partial charge in [0.2, 0.25) is 12.5 Å². The van der Waals surface area contributed by atoms with Crippen LogP contribution in [0.5, 0.6) is 17.2 Å². The molecule has 5 nitrogen and oxygen atoms in total. The zero-order valence-electron chi connectivity index (χ0n) is 17.0. The summed E-state index contributed by atoms with van der Waals surface area (Å²) in [6.07, 6.45) is 5.41. The van der Waals surface area contributed by atoms with Crippen molar-refractivity contribution >= 4 is 0 Å². The Balaban J connectivity index is 1.42. The second kappa shape index (κ2) is 7.54. The predicted octanol–water partition coefficient (Wildman–Crippen LogP) is 4.08. The lowest BCUT2D eigenvalue weighted by atomic mass is 9.66. The molecule has 3 atom stereocenters.